The number of aliphatic imine (C=N–C) groups is 4. The molecule has 354 valence electrons. The fourth-order valence-corrected chi connectivity index (χ4v) is 5.74. The molecule has 0 unspecified atom stereocenters. The van der Waals surface area contributed by atoms with Gasteiger partial charge >= 0.3 is 0 Å². The van der Waals surface area contributed by atoms with Crippen molar-refractivity contribution in [2.24, 2.45) is 48.6 Å². The number of aryl methyl sites for hydroxylation is 1. The van der Waals surface area contributed by atoms with Crippen LogP contribution in [0.1, 0.15) is 62.4 Å². The highest BCUT2D eigenvalue weighted by Gasteiger charge is 2.05. The summed E-state index contributed by atoms with van der Waals surface area (Å²) in [6, 6.07) is 23.8. The third-order valence-corrected chi connectivity index (χ3v) is 8.87. The van der Waals surface area contributed by atoms with Gasteiger partial charge in [-0.15, -0.1) is 0 Å². The normalized spacial score (nSPS) is 11.0. The van der Waals surface area contributed by atoms with Crippen molar-refractivity contribution < 1.29 is 31.8 Å². The smallest absolute Gasteiger partial charge is 0.186 e. The molecule has 4 aromatic rings. The van der Waals surface area contributed by atoms with E-state index in [0.29, 0.717) is 83.8 Å². The maximum Gasteiger partial charge on any atom is 0.186 e. The van der Waals surface area contributed by atoms with Crippen molar-refractivity contribution >= 4 is 62.6 Å². The van der Waals surface area contributed by atoms with Crippen LogP contribution in [0.5, 0.6) is 17.2 Å². The number of benzene rings is 4. The van der Waals surface area contributed by atoms with Crippen molar-refractivity contribution in [1.29, 1.82) is 0 Å². The molecule has 10 N–H and O–H groups in total. The lowest BCUT2D eigenvalue weighted by Gasteiger charge is -2.07. The van der Waals surface area contributed by atoms with E-state index in [9.17, 15) is 17.6 Å². The topological polar surface area (TPSA) is 207 Å². The quantitative estimate of drug-likeness (QED) is 0.0326. The molecule has 12 nitrogen and oxygen atoms in total. The van der Waals surface area contributed by atoms with Crippen LogP contribution in [-0.2, 0) is 32.6 Å². The molecular formula is C45H62BrCl2F4N9O3. The van der Waals surface area contributed by atoms with E-state index in [1.165, 1.54) is 0 Å². The Morgan fingerprint density at radius 3 is 1.41 bits per heavy atom. The van der Waals surface area contributed by atoms with Crippen LogP contribution in [0.4, 0.5) is 17.6 Å². The number of rotatable bonds is 20. The van der Waals surface area contributed by atoms with E-state index >= 15 is 0 Å². The Kier molecular flexibility index (Phi) is 32.2. The van der Waals surface area contributed by atoms with Crippen LogP contribution in [0.2, 0.25) is 10.0 Å². The van der Waals surface area contributed by atoms with Crippen LogP contribution in [-0.4, -0.2) is 70.0 Å². The van der Waals surface area contributed by atoms with E-state index in [4.69, 9.17) is 66.1 Å². The summed E-state index contributed by atoms with van der Waals surface area (Å²) in [5.41, 5.74) is 31.6. The number of alkyl halides is 4. The third kappa shape index (κ3) is 27.7. The zero-order valence-electron chi connectivity index (χ0n) is 35.7. The molecule has 0 radical (unpaired) electrons. The molecular weight excluding hydrogens is 937 g/mol. The SMILES string of the molecule is C.CC(N)=NCc1ccc(OCC[18F])c(Br)c1.CC(N)=NCc1ccc(OCC[18F])c(Cl)c1.CC(N)=NCc1ccc(OCC[18F])cc1.NC(N)=NCc1ccc(CCC[18F])c(Cl)c1. The molecule has 0 fully saturated rings. The summed E-state index contributed by atoms with van der Waals surface area (Å²) in [6.07, 6.45) is 1.14. The zero-order valence-corrected chi connectivity index (χ0v) is 38.8. The highest BCUT2D eigenvalue weighted by molar-refractivity contribution is 9.10. The Morgan fingerprint density at radius 1 is 0.531 bits per heavy atom. The zero-order chi connectivity index (χ0) is 47.0. The molecule has 0 bridgehead atoms. The van der Waals surface area contributed by atoms with Gasteiger partial charge in [-0.1, -0.05) is 67.0 Å². The molecule has 0 saturated carbocycles. The predicted octanol–water partition coefficient (Wildman–Crippen LogP) is 9.80. The Bertz CT molecular complexity index is 1860. The van der Waals surface area contributed by atoms with Gasteiger partial charge in [0.25, 0.3) is 0 Å². The lowest BCUT2D eigenvalue weighted by molar-refractivity contribution is 0.272. The monoisotopic (exact) mass is 997 g/mol. The minimum atomic E-state index is -0.533. The van der Waals surface area contributed by atoms with Gasteiger partial charge in [0, 0.05) is 5.02 Å². The van der Waals surface area contributed by atoms with Gasteiger partial charge in [-0.3, -0.25) is 19.4 Å². The molecule has 4 rings (SSSR count). The number of nitrogens with zero attached hydrogens (tertiary/aromatic N) is 4. The number of ether oxygens (including phenoxy) is 3. The molecule has 0 amide bonds. The van der Waals surface area contributed by atoms with E-state index < -0.39 is 20.0 Å². The Morgan fingerprint density at radius 2 is 0.953 bits per heavy atom. The van der Waals surface area contributed by atoms with Crippen LogP contribution < -0.4 is 42.9 Å². The molecule has 0 spiro atoms. The van der Waals surface area contributed by atoms with E-state index in [1.807, 2.05) is 48.5 Å². The van der Waals surface area contributed by atoms with E-state index in [-0.39, 0.29) is 39.9 Å². The van der Waals surface area contributed by atoms with Crippen LogP contribution in [0, 0.1) is 0 Å². The minimum absolute atomic E-state index is 0. The fraction of sp³-hybridized carbons (Fsp3) is 0.378. The fourth-order valence-electron chi connectivity index (χ4n) is 4.64. The summed E-state index contributed by atoms with van der Waals surface area (Å²) >= 11 is 15.4. The van der Waals surface area contributed by atoms with E-state index in [0.717, 1.165) is 32.3 Å². The van der Waals surface area contributed by atoms with Gasteiger partial charge in [0.15, 0.2) is 5.96 Å². The molecule has 19 heteroatoms. The summed E-state index contributed by atoms with van der Waals surface area (Å²) in [7, 11) is 0. The maximum absolute atomic E-state index is 12.0. The second-order valence-electron chi connectivity index (χ2n) is 13.1. The minimum Gasteiger partial charge on any atom is -0.491 e. The largest absolute Gasteiger partial charge is 0.491 e. The summed E-state index contributed by atoms with van der Waals surface area (Å²) in [6.45, 7) is 5.54. The van der Waals surface area contributed by atoms with Gasteiger partial charge in [0.2, 0.25) is 0 Å². The number of hydrogen-bond acceptors (Lipinski definition) is 7. The molecule has 0 heterocycles. The van der Waals surface area contributed by atoms with Crippen molar-refractivity contribution in [2.75, 3.05) is 46.5 Å². The number of hydrogen-bond donors (Lipinski definition) is 5. The summed E-state index contributed by atoms with van der Waals surface area (Å²) in [4.78, 5) is 16.1. The van der Waals surface area contributed by atoms with Crippen molar-refractivity contribution in [3.63, 3.8) is 0 Å². The van der Waals surface area contributed by atoms with Crippen molar-refractivity contribution in [2.45, 2.75) is 67.2 Å². The summed E-state index contributed by atoms with van der Waals surface area (Å²) in [5, 5.41) is 1.09. The van der Waals surface area contributed by atoms with Gasteiger partial charge in [-0.2, -0.15) is 0 Å². The molecule has 0 aliphatic heterocycles. The Hall–Kier alpha value is -5.26. The van der Waals surface area contributed by atoms with Crippen LogP contribution >= 0.6 is 39.1 Å². The van der Waals surface area contributed by atoms with Crippen LogP contribution in [0.3, 0.4) is 0 Å². The molecule has 64 heavy (non-hydrogen) atoms. The highest BCUT2D eigenvalue weighted by atomic mass is 79.9. The summed E-state index contributed by atoms with van der Waals surface area (Å²) in [5.74, 6) is 3.48. The van der Waals surface area contributed by atoms with Gasteiger partial charge in [-0.05, 0) is 120 Å². The Labute approximate surface area is 393 Å². The predicted molar refractivity (Wildman–Crippen MR) is 261 cm³/mol. The number of nitrogens with two attached hydrogens (primary N) is 5. The van der Waals surface area contributed by atoms with E-state index in [2.05, 4.69) is 35.9 Å². The van der Waals surface area contributed by atoms with Gasteiger partial charge < -0.3 is 42.9 Å². The highest BCUT2D eigenvalue weighted by Crippen LogP contribution is 2.27. The summed E-state index contributed by atoms with van der Waals surface area (Å²) < 4.78 is 63.8. The van der Waals surface area contributed by atoms with Gasteiger partial charge in [0.05, 0.1) is 59.9 Å². The van der Waals surface area contributed by atoms with Crippen molar-refractivity contribution in [1.82, 2.24) is 0 Å². The first-order valence-electron chi connectivity index (χ1n) is 19.5. The van der Waals surface area contributed by atoms with Crippen LogP contribution in [0.15, 0.2) is 103 Å². The van der Waals surface area contributed by atoms with E-state index in [1.54, 1.807) is 51.1 Å². The molecule has 0 aliphatic rings. The van der Waals surface area contributed by atoms with Crippen LogP contribution in [0.25, 0.3) is 0 Å². The number of halogens is 7. The standard InChI is InChI=1S/C11H14BrFN2O.C11H15ClFN3.C11H14ClFN2O.C11H15FN2O.CH4/c1-8(14)15-7-9-2-3-11(10(12)6-9)16-5-4-13;12-10-6-8(7-16-11(14)15)3-4-9(10)2-1-5-13;1-8(14)15-7-9-2-3-11(10(12)6-9)16-5-4-13;1-9(13)14-8-10-2-4-11(5-3-10)15-7-6-12;/h2-3,6H,4-5,7H2,1H3,(H2,14,15);3-4,6H,1-2,5,7H2,(H4,14,15,16);2-3,6H,4-5,7H2,1H3,(H2,14,15);2-5H,6-8H2,1H3,(H2,13,14);1H4/i3*13-1;12-1;. The molecule has 0 aromatic heterocycles. The first-order valence-corrected chi connectivity index (χ1v) is 21.1. The second kappa shape index (κ2) is 35.1. The Balaban J connectivity index is 0.000000823. The first-order chi connectivity index (χ1) is 30.1. The molecule has 0 atom stereocenters. The lowest BCUT2D eigenvalue weighted by Crippen LogP contribution is -2.22. The maximum atomic E-state index is 12.0. The van der Waals surface area contributed by atoms with Crippen molar-refractivity contribution in [3.8, 4) is 17.2 Å². The number of amidine groups is 3. The van der Waals surface area contributed by atoms with Crippen molar-refractivity contribution in [3.05, 3.63) is 121 Å². The first kappa shape index (κ1) is 58.7. The molecule has 4 aromatic carbocycles. The molecule has 0 aliphatic carbocycles. The third-order valence-electron chi connectivity index (χ3n) is 7.61. The molecule has 0 saturated heterocycles. The lowest BCUT2D eigenvalue weighted by atomic mass is 10.1. The second-order valence-corrected chi connectivity index (χ2v) is 14.8. The van der Waals surface area contributed by atoms with Gasteiger partial charge in [0.1, 0.15) is 57.1 Å². The average molecular weight is 1000 g/mol. The number of guanidine groups is 1. The van der Waals surface area contributed by atoms with Gasteiger partial charge in [-0.25, -0.2) is 18.2 Å². The average Bonchev–Trinajstić information content (AvgIpc) is 3.25.